The number of hydrogen-bond acceptors (Lipinski definition) is 3. The Morgan fingerprint density at radius 1 is 1.33 bits per heavy atom. The van der Waals surface area contributed by atoms with Gasteiger partial charge in [-0.2, -0.15) is 5.26 Å². The van der Waals surface area contributed by atoms with Crippen molar-refractivity contribution in [1.29, 1.82) is 5.26 Å². The largest absolute Gasteiger partial charge is 0.496 e. The number of carbonyl (C=O) groups excluding carboxylic acids is 1. The lowest BCUT2D eigenvalue weighted by molar-refractivity contribution is -0.115. The molecule has 0 atom stereocenters. The van der Waals surface area contributed by atoms with E-state index in [2.05, 4.69) is 5.32 Å². The van der Waals surface area contributed by atoms with Crippen molar-refractivity contribution >= 4 is 11.6 Å². The number of amides is 1. The van der Waals surface area contributed by atoms with Crippen LogP contribution in [0.3, 0.4) is 0 Å². The van der Waals surface area contributed by atoms with Crippen molar-refractivity contribution in [2.24, 2.45) is 0 Å². The SMILES string of the molecule is COc1ccccc1CC(=O)Nc1ccc(F)c(C#N)c1. The van der Waals surface area contributed by atoms with Crippen LogP contribution in [0.5, 0.6) is 5.75 Å². The molecule has 106 valence electrons. The molecule has 0 aliphatic heterocycles. The Kier molecular flexibility index (Phi) is 4.52. The van der Waals surface area contributed by atoms with Crippen molar-refractivity contribution in [3.63, 3.8) is 0 Å². The van der Waals surface area contributed by atoms with Crippen LogP contribution in [0, 0.1) is 17.1 Å². The summed E-state index contributed by atoms with van der Waals surface area (Å²) in [6, 6.07) is 12.8. The minimum atomic E-state index is -0.611. The summed E-state index contributed by atoms with van der Waals surface area (Å²) in [7, 11) is 1.54. The number of nitriles is 1. The summed E-state index contributed by atoms with van der Waals surface area (Å²) in [5.74, 6) is -0.250. The van der Waals surface area contributed by atoms with Gasteiger partial charge in [-0.05, 0) is 24.3 Å². The summed E-state index contributed by atoms with van der Waals surface area (Å²) in [6.07, 6.45) is 0.128. The van der Waals surface area contributed by atoms with E-state index in [1.54, 1.807) is 18.2 Å². The zero-order valence-electron chi connectivity index (χ0n) is 11.4. The number of nitrogens with zero attached hydrogens (tertiary/aromatic N) is 1. The maximum atomic E-state index is 13.2. The highest BCUT2D eigenvalue weighted by molar-refractivity contribution is 5.92. The first-order valence-corrected chi connectivity index (χ1v) is 6.25. The van der Waals surface area contributed by atoms with Crippen LogP contribution < -0.4 is 10.1 Å². The molecule has 0 radical (unpaired) electrons. The standard InChI is InChI=1S/C16H13FN2O2/c1-21-15-5-3-2-4-11(15)9-16(20)19-13-6-7-14(17)12(8-13)10-18/h2-8H,9H2,1H3,(H,19,20). The lowest BCUT2D eigenvalue weighted by Gasteiger charge is -2.09. The van der Waals surface area contributed by atoms with Gasteiger partial charge in [-0.1, -0.05) is 18.2 Å². The highest BCUT2D eigenvalue weighted by Gasteiger charge is 2.10. The molecule has 21 heavy (non-hydrogen) atoms. The van der Waals surface area contributed by atoms with Crippen LogP contribution in [0.15, 0.2) is 42.5 Å². The number of benzene rings is 2. The maximum Gasteiger partial charge on any atom is 0.228 e. The Morgan fingerprint density at radius 2 is 2.10 bits per heavy atom. The Labute approximate surface area is 121 Å². The van der Waals surface area contributed by atoms with Gasteiger partial charge in [0.2, 0.25) is 5.91 Å². The summed E-state index contributed by atoms with van der Waals surface area (Å²) in [5, 5.41) is 11.4. The molecule has 0 heterocycles. The second-order valence-corrected chi connectivity index (χ2v) is 4.34. The summed E-state index contributed by atoms with van der Waals surface area (Å²) in [6.45, 7) is 0. The Morgan fingerprint density at radius 3 is 2.81 bits per heavy atom. The molecule has 0 aliphatic rings. The third kappa shape index (κ3) is 3.57. The van der Waals surface area contributed by atoms with Crippen LogP contribution in [-0.4, -0.2) is 13.0 Å². The number of methoxy groups -OCH3 is 1. The Balaban J connectivity index is 2.10. The van der Waals surface area contributed by atoms with Gasteiger partial charge in [-0.3, -0.25) is 4.79 Å². The molecule has 1 N–H and O–H groups in total. The quantitative estimate of drug-likeness (QED) is 0.939. The zero-order chi connectivity index (χ0) is 15.2. The smallest absolute Gasteiger partial charge is 0.228 e. The fourth-order valence-electron chi connectivity index (χ4n) is 1.92. The van der Waals surface area contributed by atoms with Gasteiger partial charge >= 0.3 is 0 Å². The average Bonchev–Trinajstić information content (AvgIpc) is 2.49. The Bertz CT molecular complexity index is 708. The van der Waals surface area contributed by atoms with Crippen molar-refractivity contribution in [2.75, 3.05) is 12.4 Å². The van der Waals surface area contributed by atoms with Crippen LogP contribution in [-0.2, 0) is 11.2 Å². The van der Waals surface area contributed by atoms with E-state index >= 15 is 0 Å². The lowest BCUT2D eigenvalue weighted by atomic mass is 10.1. The summed E-state index contributed by atoms with van der Waals surface area (Å²) in [5.41, 5.74) is 1.03. The van der Waals surface area contributed by atoms with Gasteiger partial charge in [0.1, 0.15) is 17.6 Å². The molecule has 1 amide bonds. The van der Waals surface area contributed by atoms with E-state index in [4.69, 9.17) is 10.00 Å². The highest BCUT2D eigenvalue weighted by atomic mass is 19.1. The Hall–Kier alpha value is -2.87. The molecule has 2 rings (SSSR count). The van der Waals surface area contributed by atoms with E-state index in [1.165, 1.54) is 19.2 Å². The van der Waals surface area contributed by atoms with Crippen molar-refractivity contribution in [1.82, 2.24) is 0 Å². The number of ether oxygens (including phenoxy) is 1. The third-order valence-corrected chi connectivity index (χ3v) is 2.91. The minimum absolute atomic E-state index is 0.106. The van der Waals surface area contributed by atoms with Crippen molar-refractivity contribution < 1.29 is 13.9 Å². The minimum Gasteiger partial charge on any atom is -0.496 e. The second kappa shape index (κ2) is 6.53. The van der Waals surface area contributed by atoms with E-state index < -0.39 is 5.82 Å². The van der Waals surface area contributed by atoms with Crippen LogP contribution >= 0.6 is 0 Å². The van der Waals surface area contributed by atoms with Gasteiger partial charge in [0, 0.05) is 11.3 Å². The first-order chi connectivity index (χ1) is 10.1. The first-order valence-electron chi connectivity index (χ1n) is 6.25. The molecule has 0 unspecified atom stereocenters. The number of anilines is 1. The second-order valence-electron chi connectivity index (χ2n) is 4.34. The summed E-state index contributed by atoms with van der Waals surface area (Å²) >= 11 is 0. The van der Waals surface area contributed by atoms with E-state index in [-0.39, 0.29) is 17.9 Å². The normalized spacial score (nSPS) is 9.76. The van der Waals surface area contributed by atoms with Crippen LogP contribution in [0.1, 0.15) is 11.1 Å². The summed E-state index contributed by atoms with van der Waals surface area (Å²) in [4.78, 5) is 12.0. The molecule has 0 saturated carbocycles. The maximum absolute atomic E-state index is 13.2. The van der Waals surface area contributed by atoms with Gasteiger partial charge in [0.15, 0.2) is 0 Å². The third-order valence-electron chi connectivity index (χ3n) is 2.91. The van der Waals surface area contributed by atoms with Crippen LogP contribution in [0.2, 0.25) is 0 Å². The van der Waals surface area contributed by atoms with Crippen molar-refractivity contribution in [2.45, 2.75) is 6.42 Å². The van der Waals surface area contributed by atoms with E-state index in [0.717, 1.165) is 11.6 Å². The molecule has 4 nitrogen and oxygen atoms in total. The molecule has 0 saturated heterocycles. The predicted molar refractivity (Wildman–Crippen MR) is 76.4 cm³/mol. The van der Waals surface area contributed by atoms with E-state index in [1.807, 2.05) is 12.1 Å². The van der Waals surface area contributed by atoms with Gasteiger partial charge in [0.05, 0.1) is 19.1 Å². The zero-order valence-corrected chi connectivity index (χ0v) is 11.4. The van der Waals surface area contributed by atoms with Crippen LogP contribution in [0.25, 0.3) is 0 Å². The molecule has 5 heteroatoms. The fraction of sp³-hybridized carbons (Fsp3) is 0.125. The van der Waals surface area contributed by atoms with E-state index in [0.29, 0.717) is 11.4 Å². The molecule has 0 fully saturated rings. The number of nitrogens with one attached hydrogen (secondary N) is 1. The molecule has 0 spiro atoms. The van der Waals surface area contributed by atoms with Crippen LogP contribution in [0.4, 0.5) is 10.1 Å². The summed E-state index contributed by atoms with van der Waals surface area (Å²) < 4.78 is 18.4. The van der Waals surface area contributed by atoms with Gasteiger partial charge in [0.25, 0.3) is 0 Å². The molecular weight excluding hydrogens is 271 g/mol. The molecule has 2 aromatic rings. The average molecular weight is 284 g/mol. The molecule has 0 aromatic heterocycles. The van der Waals surface area contributed by atoms with Gasteiger partial charge < -0.3 is 10.1 Å². The van der Waals surface area contributed by atoms with Crippen molar-refractivity contribution in [3.8, 4) is 11.8 Å². The number of para-hydroxylation sites is 1. The van der Waals surface area contributed by atoms with E-state index in [9.17, 15) is 9.18 Å². The fourth-order valence-corrected chi connectivity index (χ4v) is 1.92. The number of halogens is 1. The van der Waals surface area contributed by atoms with Gasteiger partial charge in [-0.25, -0.2) is 4.39 Å². The number of rotatable bonds is 4. The highest BCUT2D eigenvalue weighted by Crippen LogP contribution is 2.19. The van der Waals surface area contributed by atoms with Crippen molar-refractivity contribution in [3.05, 3.63) is 59.4 Å². The molecule has 2 aromatic carbocycles. The first kappa shape index (κ1) is 14.5. The predicted octanol–water partition coefficient (Wildman–Crippen LogP) is 2.89. The molecule has 0 bridgehead atoms. The topological polar surface area (TPSA) is 62.1 Å². The monoisotopic (exact) mass is 284 g/mol. The lowest BCUT2D eigenvalue weighted by Crippen LogP contribution is -2.15. The number of carbonyl (C=O) groups is 1. The molecular formula is C16H13FN2O2. The molecule has 0 aliphatic carbocycles. The van der Waals surface area contributed by atoms with Gasteiger partial charge in [-0.15, -0.1) is 0 Å². The number of hydrogen-bond donors (Lipinski definition) is 1.